The number of fused-ring (bicyclic) bond motifs is 1. The Morgan fingerprint density at radius 2 is 2.18 bits per heavy atom. The molecule has 0 aliphatic heterocycles. The first-order chi connectivity index (χ1) is 10.6. The summed E-state index contributed by atoms with van der Waals surface area (Å²) in [4.78, 5) is 19.4. The molecule has 0 saturated heterocycles. The molecule has 0 aliphatic carbocycles. The van der Waals surface area contributed by atoms with Gasteiger partial charge in [0.1, 0.15) is 11.5 Å². The Morgan fingerprint density at radius 3 is 2.91 bits per heavy atom. The van der Waals surface area contributed by atoms with Crippen molar-refractivity contribution in [2.24, 2.45) is 0 Å². The normalized spacial score (nSPS) is 12.3. The monoisotopic (exact) mass is 297 g/mol. The standard InChI is InChI=1S/C17H16FN3O/c1-11(9-12-5-2-3-8-19-12)20-17(22)16-10-13-14(18)6-4-7-15(13)21-16/h2-8,10-11,21H,9H2,1H3,(H,20,22)/t11-/m0/s1. The van der Waals surface area contributed by atoms with Gasteiger partial charge in [-0.25, -0.2) is 4.39 Å². The first-order valence-corrected chi connectivity index (χ1v) is 7.11. The molecule has 0 unspecified atom stereocenters. The van der Waals surface area contributed by atoms with E-state index in [0.29, 0.717) is 23.0 Å². The van der Waals surface area contributed by atoms with Crippen LogP contribution in [0.5, 0.6) is 0 Å². The molecule has 2 aromatic heterocycles. The molecule has 0 spiro atoms. The number of hydrogen-bond acceptors (Lipinski definition) is 2. The molecule has 0 aliphatic rings. The summed E-state index contributed by atoms with van der Waals surface area (Å²) in [5, 5.41) is 3.31. The van der Waals surface area contributed by atoms with E-state index < -0.39 is 0 Å². The van der Waals surface area contributed by atoms with E-state index in [2.05, 4.69) is 15.3 Å². The third-order valence-electron chi connectivity index (χ3n) is 3.47. The van der Waals surface area contributed by atoms with Crippen LogP contribution in [0.1, 0.15) is 23.1 Å². The fourth-order valence-electron chi connectivity index (χ4n) is 2.43. The molecule has 2 N–H and O–H groups in total. The minimum Gasteiger partial charge on any atom is -0.350 e. The van der Waals surface area contributed by atoms with E-state index in [-0.39, 0.29) is 17.8 Å². The highest BCUT2D eigenvalue weighted by Crippen LogP contribution is 2.18. The average molecular weight is 297 g/mol. The van der Waals surface area contributed by atoms with Crippen molar-refractivity contribution in [1.82, 2.24) is 15.3 Å². The number of aromatic amines is 1. The lowest BCUT2D eigenvalue weighted by atomic mass is 10.1. The zero-order valence-corrected chi connectivity index (χ0v) is 12.1. The number of rotatable bonds is 4. The molecule has 0 saturated carbocycles. The molecule has 2 heterocycles. The Kier molecular flexibility index (Phi) is 3.87. The molecule has 3 rings (SSSR count). The van der Waals surface area contributed by atoms with Crippen molar-refractivity contribution < 1.29 is 9.18 Å². The number of benzene rings is 1. The van der Waals surface area contributed by atoms with Gasteiger partial charge in [-0.2, -0.15) is 0 Å². The predicted molar refractivity (Wildman–Crippen MR) is 83.1 cm³/mol. The molecule has 1 amide bonds. The van der Waals surface area contributed by atoms with Crippen molar-refractivity contribution >= 4 is 16.8 Å². The number of nitrogens with zero attached hydrogens (tertiary/aromatic N) is 1. The summed E-state index contributed by atoms with van der Waals surface area (Å²) in [6, 6.07) is 11.9. The van der Waals surface area contributed by atoms with Crippen LogP contribution in [-0.2, 0) is 6.42 Å². The number of aromatic nitrogens is 2. The largest absolute Gasteiger partial charge is 0.350 e. The fraction of sp³-hybridized carbons (Fsp3) is 0.176. The van der Waals surface area contributed by atoms with Gasteiger partial charge in [0.05, 0.1) is 0 Å². The van der Waals surface area contributed by atoms with E-state index in [1.807, 2.05) is 25.1 Å². The van der Waals surface area contributed by atoms with Crippen molar-refractivity contribution in [3.63, 3.8) is 0 Å². The summed E-state index contributed by atoms with van der Waals surface area (Å²) in [6.45, 7) is 1.91. The van der Waals surface area contributed by atoms with Crippen LogP contribution in [0.2, 0.25) is 0 Å². The number of carbonyl (C=O) groups is 1. The van der Waals surface area contributed by atoms with E-state index in [4.69, 9.17) is 0 Å². The van der Waals surface area contributed by atoms with E-state index in [0.717, 1.165) is 5.69 Å². The number of carbonyl (C=O) groups excluding carboxylic acids is 1. The maximum atomic E-state index is 13.7. The molecule has 0 bridgehead atoms. The second-order valence-corrected chi connectivity index (χ2v) is 5.28. The summed E-state index contributed by atoms with van der Waals surface area (Å²) >= 11 is 0. The summed E-state index contributed by atoms with van der Waals surface area (Å²) in [6.07, 6.45) is 2.37. The number of H-pyrrole nitrogens is 1. The second kappa shape index (κ2) is 5.97. The van der Waals surface area contributed by atoms with Crippen LogP contribution in [0.25, 0.3) is 10.9 Å². The van der Waals surface area contributed by atoms with Gasteiger partial charge in [0.25, 0.3) is 5.91 Å². The number of hydrogen-bond donors (Lipinski definition) is 2. The molecular weight excluding hydrogens is 281 g/mol. The molecule has 5 heteroatoms. The Hall–Kier alpha value is -2.69. The minimum absolute atomic E-state index is 0.0707. The van der Waals surface area contributed by atoms with Gasteiger partial charge in [-0.3, -0.25) is 9.78 Å². The van der Waals surface area contributed by atoms with Gasteiger partial charge >= 0.3 is 0 Å². The highest BCUT2D eigenvalue weighted by atomic mass is 19.1. The number of halogens is 1. The third kappa shape index (κ3) is 2.98. The van der Waals surface area contributed by atoms with Gasteiger partial charge in [0, 0.05) is 35.3 Å². The molecule has 112 valence electrons. The zero-order valence-electron chi connectivity index (χ0n) is 12.1. The lowest BCUT2D eigenvalue weighted by molar-refractivity contribution is 0.0936. The van der Waals surface area contributed by atoms with Crippen LogP contribution in [0.4, 0.5) is 4.39 Å². The van der Waals surface area contributed by atoms with Crippen LogP contribution < -0.4 is 5.32 Å². The van der Waals surface area contributed by atoms with E-state index in [9.17, 15) is 9.18 Å². The molecule has 22 heavy (non-hydrogen) atoms. The maximum absolute atomic E-state index is 13.7. The van der Waals surface area contributed by atoms with Gasteiger partial charge in [0.15, 0.2) is 0 Å². The Labute approximate surface area is 127 Å². The summed E-state index contributed by atoms with van der Waals surface area (Å²) in [5.74, 6) is -0.589. The fourth-order valence-corrected chi connectivity index (χ4v) is 2.43. The second-order valence-electron chi connectivity index (χ2n) is 5.28. The topological polar surface area (TPSA) is 57.8 Å². The minimum atomic E-state index is -0.339. The molecule has 3 aromatic rings. The Morgan fingerprint density at radius 1 is 1.32 bits per heavy atom. The van der Waals surface area contributed by atoms with Gasteiger partial charge in [-0.05, 0) is 37.3 Å². The lowest BCUT2D eigenvalue weighted by Crippen LogP contribution is -2.34. The van der Waals surface area contributed by atoms with Crippen molar-refractivity contribution in [1.29, 1.82) is 0 Å². The summed E-state index contributed by atoms with van der Waals surface area (Å²) in [7, 11) is 0. The van der Waals surface area contributed by atoms with Crippen molar-refractivity contribution in [2.45, 2.75) is 19.4 Å². The van der Waals surface area contributed by atoms with Gasteiger partial charge < -0.3 is 10.3 Å². The smallest absolute Gasteiger partial charge is 0.267 e. The zero-order chi connectivity index (χ0) is 15.5. The number of pyridine rings is 1. The molecule has 4 nitrogen and oxygen atoms in total. The predicted octanol–water partition coefficient (Wildman–Crippen LogP) is 3.06. The van der Waals surface area contributed by atoms with Gasteiger partial charge in [0.2, 0.25) is 0 Å². The first kappa shape index (κ1) is 14.3. The molecule has 0 radical (unpaired) electrons. The van der Waals surface area contributed by atoms with Crippen molar-refractivity contribution in [3.05, 3.63) is 65.9 Å². The highest BCUT2D eigenvalue weighted by Gasteiger charge is 2.14. The third-order valence-corrected chi connectivity index (χ3v) is 3.47. The van der Waals surface area contributed by atoms with E-state index in [1.54, 1.807) is 18.3 Å². The van der Waals surface area contributed by atoms with Crippen LogP contribution in [0.15, 0.2) is 48.7 Å². The molecule has 1 aromatic carbocycles. The molecule has 0 fully saturated rings. The van der Waals surface area contributed by atoms with Crippen LogP contribution in [0, 0.1) is 5.82 Å². The SMILES string of the molecule is C[C@@H](Cc1ccccn1)NC(=O)c1cc2c(F)cccc2[nH]1. The van der Waals surface area contributed by atoms with Gasteiger partial charge in [-0.15, -0.1) is 0 Å². The molecular formula is C17H16FN3O. The maximum Gasteiger partial charge on any atom is 0.267 e. The van der Waals surface area contributed by atoms with E-state index in [1.165, 1.54) is 12.1 Å². The number of nitrogens with one attached hydrogen (secondary N) is 2. The van der Waals surface area contributed by atoms with Crippen LogP contribution in [-0.4, -0.2) is 21.9 Å². The average Bonchev–Trinajstić information content (AvgIpc) is 2.94. The summed E-state index contributed by atoms with van der Waals surface area (Å²) < 4.78 is 13.7. The van der Waals surface area contributed by atoms with E-state index >= 15 is 0 Å². The Balaban J connectivity index is 1.71. The van der Waals surface area contributed by atoms with Gasteiger partial charge in [-0.1, -0.05) is 12.1 Å². The van der Waals surface area contributed by atoms with Crippen LogP contribution in [0.3, 0.4) is 0 Å². The quantitative estimate of drug-likeness (QED) is 0.777. The lowest BCUT2D eigenvalue weighted by Gasteiger charge is -2.12. The molecule has 1 atom stereocenters. The van der Waals surface area contributed by atoms with Crippen molar-refractivity contribution in [3.8, 4) is 0 Å². The van der Waals surface area contributed by atoms with Crippen molar-refractivity contribution in [2.75, 3.05) is 0 Å². The Bertz CT molecular complexity index is 798. The summed E-state index contributed by atoms with van der Waals surface area (Å²) in [5.41, 5.74) is 1.88. The highest BCUT2D eigenvalue weighted by molar-refractivity contribution is 5.98. The number of amides is 1. The first-order valence-electron chi connectivity index (χ1n) is 7.11. The van der Waals surface area contributed by atoms with Crippen LogP contribution >= 0.6 is 0 Å².